The summed E-state index contributed by atoms with van der Waals surface area (Å²) in [5.41, 5.74) is 0. The number of carbonyl (C=O) groups excluding carboxylic acids is 1. The van der Waals surface area contributed by atoms with Crippen LogP contribution in [0.3, 0.4) is 0 Å². The number of carboxylic acids is 1. The van der Waals surface area contributed by atoms with Crippen LogP contribution in [0.25, 0.3) is 0 Å². The number of hydrogen-bond acceptors (Lipinski definition) is 6. The topological polar surface area (TPSA) is 110 Å². The van der Waals surface area contributed by atoms with Gasteiger partial charge in [-0.1, -0.05) is 24.8 Å². The molecular weight excluding hydrogens is 323 g/mol. The smallest absolute Gasteiger partial charge is 0.330 e. The molecule has 0 bridgehead atoms. The van der Waals surface area contributed by atoms with Crippen molar-refractivity contribution in [2.24, 2.45) is 0 Å². The molecule has 2 atom stereocenters. The summed E-state index contributed by atoms with van der Waals surface area (Å²) in [5.74, 6) is -1.79. The Bertz CT molecular complexity index is 585. The van der Waals surface area contributed by atoms with Crippen molar-refractivity contribution in [2.75, 3.05) is 19.4 Å². The molecule has 7 nitrogen and oxygen atoms in total. The van der Waals surface area contributed by atoms with Crippen LogP contribution < -0.4 is 5.30 Å². The highest BCUT2D eigenvalue weighted by Crippen LogP contribution is 2.46. The molecule has 0 heterocycles. The van der Waals surface area contributed by atoms with Gasteiger partial charge >= 0.3 is 11.9 Å². The third kappa shape index (κ3) is 6.78. The van der Waals surface area contributed by atoms with Crippen molar-refractivity contribution in [2.45, 2.75) is 12.5 Å². The summed E-state index contributed by atoms with van der Waals surface area (Å²) in [6.45, 7) is 2.53. The quantitative estimate of drug-likeness (QED) is 0.373. The van der Waals surface area contributed by atoms with Gasteiger partial charge in [0.25, 0.3) is 0 Å². The number of esters is 1. The maximum absolute atomic E-state index is 12.9. The fourth-order valence-corrected chi connectivity index (χ4v) is 3.72. The predicted octanol–water partition coefficient (Wildman–Crippen LogP) is 1.17. The van der Waals surface area contributed by atoms with Gasteiger partial charge in [0.2, 0.25) is 7.37 Å². The van der Waals surface area contributed by atoms with Crippen LogP contribution in [0, 0.1) is 0 Å². The first-order chi connectivity index (χ1) is 10.9. The number of aliphatic hydroxyl groups is 1. The van der Waals surface area contributed by atoms with E-state index in [0.717, 1.165) is 6.08 Å². The van der Waals surface area contributed by atoms with Crippen LogP contribution in [0.5, 0.6) is 0 Å². The molecule has 0 aromatic heterocycles. The van der Waals surface area contributed by atoms with Gasteiger partial charge < -0.3 is 19.5 Å². The Labute approximate surface area is 134 Å². The molecule has 2 N–H and O–H groups in total. The largest absolute Gasteiger partial charge is 0.481 e. The Morgan fingerprint density at radius 2 is 1.91 bits per heavy atom. The average Bonchev–Trinajstić information content (AvgIpc) is 2.56. The number of carboxylic acid groups (broad SMARTS) is 1. The molecule has 0 fully saturated rings. The van der Waals surface area contributed by atoms with Crippen molar-refractivity contribution in [3.8, 4) is 0 Å². The van der Waals surface area contributed by atoms with Crippen molar-refractivity contribution < 1.29 is 33.6 Å². The second kappa shape index (κ2) is 9.25. The zero-order valence-corrected chi connectivity index (χ0v) is 13.4. The van der Waals surface area contributed by atoms with Crippen LogP contribution in [0.15, 0.2) is 43.0 Å². The van der Waals surface area contributed by atoms with Gasteiger partial charge in [-0.2, -0.15) is 0 Å². The molecular formula is C15H19O7P. The number of benzene rings is 1. The van der Waals surface area contributed by atoms with Crippen molar-refractivity contribution in [3.63, 3.8) is 0 Å². The summed E-state index contributed by atoms with van der Waals surface area (Å²) < 4.78 is 22.9. The molecule has 0 radical (unpaired) electrons. The van der Waals surface area contributed by atoms with Crippen molar-refractivity contribution >= 4 is 24.6 Å². The van der Waals surface area contributed by atoms with Crippen LogP contribution in [0.2, 0.25) is 0 Å². The van der Waals surface area contributed by atoms with Crippen LogP contribution in [0.4, 0.5) is 0 Å². The highest BCUT2D eigenvalue weighted by atomic mass is 31.2. The van der Waals surface area contributed by atoms with Gasteiger partial charge in [-0.25, -0.2) is 4.79 Å². The van der Waals surface area contributed by atoms with E-state index >= 15 is 0 Å². The van der Waals surface area contributed by atoms with Gasteiger partial charge in [-0.15, -0.1) is 0 Å². The zero-order chi connectivity index (χ0) is 17.3. The first kappa shape index (κ1) is 19.1. The molecule has 1 aromatic carbocycles. The maximum atomic E-state index is 12.9. The van der Waals surface area contributed by atoms with Crippen LogP contribution in [0.1, 0.15) is 6.42 Å². The molecule has 0 saturated heterocycles. The molecule has 0 aliphatic carbocycles. The van der Waals surface area contributed by atoms with Gasteiger partial charge in [0, 0.05) is 17.5 Å². The minimum Gasteiger partial charge on any atom is -0.481 e. The SMILES string of the molecule is C=CC(=O)OCC(O)COP(=O)(CCC(=O)O)c1ccccc1. The van der Waals surface area contributed by atoms with E-state index in [4.69, 9.17) is 9.63 Å². The van der Waals surface area contributed by atoms with Gasteiger partial charge in [-0.05, 0) is 12.1 Å². The summed E-state index contributed by atoms with van der Waals surface area (Å²) in [4.78, 5) is 21.6. The highest BCUT2D eigenvalue weighted by Gasteiger charge is 2.28. The lowest BCUT2D eigenvalue weighted by atomic mass is 10.4. The molecule has 0 amide bonds. The second-order valence-electron chi connectivity index (χ2n) is 4.66. The molecule has 0 aliphatic heterocycles. The van der Waals surface area contributed by atoms with E-state index in [1.54, 1.807) is 30.3 Å². The van der Waals surface area contributed by atoms with Gasteiger partial charge in [0.1, 0.15) is 12.7 Å². The Kier molecular flexibility index (Phi) is 7.68. The van der Waals surface area contributed by atoms with E-state index in [-0.39, 0.29) is 25.8 Å². The number of carbonyl (C=O) groups is 2. The lowest BCUT2D eigenvalue weighted by molar-refractivity contribution is -0.141. The predicted molar refractivity (Wildman–Crippen MR) is 83.9 cm³/mol. The molecule has 8 heteroatoms. The van der Waals surface area contributed by atoms with Gasteiger partial charge in [-0.3, -0.25) is 9.36 Å². The Hall–Kier alpha value is -1.95. The minimum absolute atomic E-state index is 0.189. The Morgan fingerprint density at radius 1 is 1.26 bits per heavy atom. The van der Waals surface area contributed by atoms with E-state index in [1.165, 1.54) is 0 Å². The summed E-state index contributed by atoms with van der Waals surface area (Å²) in [5, 5.41) is 18.9. The van der Waals surface area contributed by atoms with Gasteiger partial charge in [0.15, 0.2) is 0 Å². The minimum atomic E-state index is -3.44. The fourth-order valence-electron chi connectivity index (χ4n) is 1.66. The number of aliphatic hydroxyl groups excluding tert-OH is 1. The van der Waals surface area contributed by atoms with E-state index in [0.29, 0.717) is 5.30 Å². The lowest BCUT2D eigenvalue weighted by Crippen LogP contribution is -2.24. The molecule has 1 aromatic rings. The number of rotatable bonds is 10. The molecule has 0 saturated carbocycles. The van der Waals surface area contributed by atoms with Gasteiger partial charge in [0.05, 0.1) is 13.0 Å². The Balaban J connectivity index is 2.70. The lowest BCUT2D eigenvalue weighted by Gasteiger charge is -2.20. The highest BCUT2D eigenvalue weighted by molar-refractivity contribution is 7.67. The van der Waals surface area contributed by atoms with Crippen molar-refractivity contribution in [1.29, 1.82) is 0 Å². The number of hydrogen-bond donors (Lipinski definition) is 2. The standard InChI is InChI=1S/C15H19O7P/c1-2-15(19)21-10-12(16)11-22-23(20,9-8-14(17)18)13-6-4-3-5-7-13/h2-7,12,16H,1,8-11H2,(H,17,18). The summed E-state index contributed by atoms with van der Waals surface area (Å²) in [6.07, 6.45) is -0.741. The second-order valence-corrected chi connectivity index (χ2v) is 7.23. The molecule has 2 unspecified atom stereocenters. The molecule has 0 spiro atoms. The van der Waals surface area contributed by atoms with Crippen molar-refractivity contribution in [3.05, 3.63) is 43.0 Å². The number of ether oxygens (including phenoxy) is 1. The van der Waals surface area contributed by atoms with E-state index in [9.17, 15) is 19.3 Å². The van der Waals surface area contributed by atoms with Crippen molar-refractivity contribution in [1.82, 2.24) is 0 Å². The third-order valence-corrected chi connectivity index (χ3v) is 5.29. The summed E-state index contributed by atoms with van der Waals surface area (Å²) in [7, 11) is -3.44. The first-order valence-electron chi connectivity index (χ1n) is 6.85. The Morgan fingerprint density at radius 3 is 2.48 bits per heavy atom. The molecule has 126 valence electrons. The fraction of sp³-hybridized carbons (Fsp3) is 0.333. The average molecular weight is 342 g/mol. The summed E-state index contributed by atoms with van der Waals surface area (Å²) >= 11 is 0. The van der Waals surface area contributed by atoms with Crippen LogP contribution in [-0.4, -0.2) is 47.6 Å². The van der Waals surface area contributed by atoms with E-state index < -0.39 is 25.4 Å². The zero-order valence-electron chi connectivity index (χ0n) is 12.5. The summed E-state index contributed by atoms with van der Waals surface area (Å²) in [6, 6.07) is 8.21. The maximum Gasteiger partial charge on any atom is 0.330 e. The third-order valence-electron chi connectivity index (χ3n) is 2.83. The first-order valence-corrected chi connectivity index (χ1v) is 8.66. The molecule has 23 heavy (non-hydrogen) atoms. The van der Waals surface area contributed by atoms with E-state index in [1.807, 2.05) is 0 Å². The monoisotopic (exact) mass is 342 g/mol. The van der Waals surface area contributed by atoms with Crippen LogP contribution in [-0.2, 0) is 23.4 Å². The van der Waals surface area contributed by atoms with Crippen LogP contribution >= 0.6 is 7.37 Å². The number of aliphatic carboxylic acids is 1. The van der Waals surface area contributed by atoms with E-state index in [2.05, 4.69) is 11.3 Å². The molecule has 0 aliphatic rings. The normalized spacial score (nSPS) is 14.5. The molecule has 1 rings (SSSR count).